The van der Waals surface area contributed by atoms with Crippen LogP contribution in [0.1, 0.15) is 11.1 Å². The summed E-state index contributed by atoms with van der Waals surface area (Å²) >= 11 is 18.3. The highest BCUT2D eigenvalue weighted by Gasteiger charge is 2.50. The van der Waals surface area contributed by atoms with E-state index in [1.807, 2.05) is 0 Å². The molecule has 2 atom stereocenters. The molecule has 4 nitrogen and oxygen atoms in total. The van der Waals surface area contributed by atoms with E-state index in [1.165, 1.54) is 25.4 Å². The van der Waals surface area contributed by atoms with Gasteiger partial charge in [0.15, 0.2) is 5.67 Å². The first-order chi connectivity index (χ1) is 12.8. The van der Waals surface area contributed by atoms with Crippen molar-refractivity contribution in [2.24, 2.45) is 5.92 Å². The molecule has 1 aromatic carbocycles. The number of methoxy groups -OCH3 is 1. The number of carbonyl (C=O) groups is 1. The molecule has 0 saturated heterocycles. The van der Waals surface area contributed by atoms with Crippen molar-refractivity contribution in [3.05, 3.63) is 80.8 Å². The molecule has 2 aromatic rings. The van der Waals surface area contributed by atoms with Crippen LogP contribution in [0.5, 0.6) is 0 Å². The van der Waals surface area contributed by atoms with Gasteiger partial charge < -0.3 is 9.84 Å². The highest BCUT2D eigenvalue weighted by Crippen LogP contribution is 2.50. The van der Waals surface area contributed by atoms with Crippen LogP contribution < -0.4 is 0 Å². The van der Waals surface area contributed by atoms with Crippen LogP contribution in [-0.4, -0.2) is 23.2 Å². The third kappa shape index (κ3) is 3.43. The van der Waals surface area contributed by atoms with E-state index < -0.39 is 17.6 Å². The maximum absolute atomic E-state index is 16.4. The molecule has 27 heavy (non-hydrogen) atoms. The predicted octanol–water partition coefficient (Wildman–Crippen LogP) is 5.53. The monoisotopic (exact) mass is 427 g/mol. The van der Waals surface area contributed by atoms with E-state index in [-0.39, 0.29) is 32.1 Å². The molecule has 1 aliphatic carbocycles. The van der Waals surface area contributed by atoms with Crippen molar-refractivity contribution >= 4 is 46.3 Å². The quantitative estimate of drug-likeness (QED) is 0.650. The maximum Gasteiger partial charge on any atom is 0.315 e. The van der Waals surface area contributed by atoms with Gasteiger partial charge in [-0.3, -0.25) is 4.79 Å². The summed E-state index contributed by atoms with van der Waals surface area (Å²) in [7, 11) is 1.36. The van der Waals surface area contributed by atoms with Crippen molar-refractivity contribution in [1.82, 2.24) is 4.98 Å². The number of hydrogen-bond acceptors (Lipinski definition) is 3. The number of alkyl halides is 1. The zero-order chi connectivity index (χ0) is 19.8. The second kappa shape index (κ2) is 7.50. The van der Waals surface area contributed by atoms with Crippen LogP contribution in [0.4, 0.5) is 4.39 Å². The summed E-state index contributed by atoms with van der Waals surface area (Å²) in [6, 6.07) is 7.88. The number of hydrogen-bond donors (Lipinski definition) is 1. The van der Waals surface area contributed by atoms with E-state index in [0.29, 0.717) is 5.56 Å². The second-order valence-corrected chi connectivity index (χ2v) is 6.98. The Labute approximate surface area is 169 Å². The first-order valence-corrected chi connectivity index (χ1v) is 8.88. The second-order valence-electron chi connectivity index (χ2n) is 5.83. The molecular weight excluding hydrogens is 416 g/mol. The third-order valence-electron chi connectivity index (χ3n) is 4.31. The first-order valence-electron chi connectivity index (χ1n) is 7.75. The lowest BCUT2D eigenvalue weighted by Gasteiger charge is -2.35. The number of pyridine rings is 1. The highest BCUT2D eigenvalue weighted by atomic mass is 35.5. The zero-order valence-electron chi connectivity index (χ0n) is 13.9. The van der Waals surface area contributed by atoms with Gasteiger partial charge in [-0.25, -0.2) is 9.37 Å². The minimum atomic E-state index is -2.54. The smallest absolute Gasteiger partial charge is 0.315 e. The standard InChI is InChI=1S/C19H13Cl3FNO3/c1-27-10-8-12(11-4-2-3-5-14(11)20)15(18(25)26)19(23,9-10)13-6-7-24-17(22)16(13)21/h2-9,15H,1H3,(H,25,26). The molecule has 0 aliphatic heterocycles. The van der Waals surface area contributed by atoms with Gasteiger partial charge in [-0.2, -0.15) is 0 Å². The molecular formula is C19H13Cl3FNO3. The summed E-state index contributed by atoms with van der Waals surface area (Å²) < 4.78 is 21.6. The minimum Gasteiger partial charge on any atom is -0.497 e. The Hall–Kier alpha value is -2.08. The molecule has 0 fully saturated rings. The van der Waals surface area contributed by atoms with Crippen molar-refractivity contribution in [3.63, 3.8) is 0 Å². The van der Waals surface area contributed by atoms with Crippen LogP contribution in [0.15, 0.2) is 54.4 Å². The highest BCUT2D eigenvalue weighted by molar-refractivity contribution is 6.41. The minimum absolute atomic E-state index is 0.122. The van der Waals surface area contributed by atoms with Crippen molar-refractivity contribution in [3.8, 4) is 0 Å². The summed E-state index contributed by atoms with van der Waals surface area (Å²) in [5.41, 5.74) is -2.13. The number of aromatic nitrogens is 1. The lowest BCUT2D eigenvalue weighted by Crippen LogP contribution is -2.38. The van der Waals surface area contributed by atoms with Gasteiger partial charge in [0.25, 0.3) is 0 Å². The molecule has 1 aliphatic rings. The van der Waals surface area contributed by atoms with Crippen LogP contribution in [0.25, 0.3) is 5.57 Å². The fourth-order valence-corrected chi connectivity index (χ4v) is 3.76. The fraction of sp³-hybridized carbons (Fsp3) is 0.158. The largest absolute Gasteiger partial charge is 0.497 e. The van der Waals surface area contributed by atoms with Crippen molar-refractivity contribution in [2.45, 2.75) is 5.67 Å². The lowest BCUT2D eigenvalue weighted by atomic mass is 9.73. The Morgan fingerprint density at radius 1 is 1.26 bits per heavy atom. The molecule has 2 unspecified atom stereocenters. The molecule has 0 spiro atoms. The molecule has 0 bridgehead atoms. The summed E-state index contributed by atoms with van der Waals surface area (Å²) in [5.74, 6) is -2.89. The maximum atomic E-state index is 16.4. The predicted molar refractivity (Wildman–Crippen MR) is 103 cm³/mol. The normalized spacial score (nSPS) is 22.0. The van der Waals surface area contributed by atoms with E-state index >= 15 is 4.39 Å². The van der Waals surface area contributed by atoms with Gasteiger partial charge in [-0.05, 0) is 29.3 Å². The molecule has 3 rings (SSSR count). The van der Waals surface area contributed by atoms with Crippen LogP contribution >= 0.6 is 34.8 Å². The number of allylic oxidation sites excluding steroid dienone is 2. The molecule has 8 heteroatoms. The van der Waals surface area contributed by atoms with Crippen molar-refractivity contribution in [1.29, 1.82) is 0 Å². The molecule has 0 amide bonds. The summed E-state index contributed by atoms with van der Waals surface area (Å²) in [5, 5.41) is 9.88. The fourth-order valence-electron chi connectivity index (χ4n) is 3.10. The number of aliphatic carboxylic acids is 1. The Morgan fingerprint density at radius 3 is 2.59 bits per heavy atom. The van der Waals surface area contributed by atoms with Gasteiger partial charge in [-0.1, -0.05) is 53.0 Å². The van der Waals surface area contributed by atoms with E-state index in [1.54, 1.807) is 24.3 Å². The van der Waals surface area contributed by atoms with E-state index in [0.717, 1.165) is 6.08 Å². The molecule has 140 valence electrons. The molecule has 1 aromatic heterocycles. The first kappa shape index (κ1) is 19.7. The number of carboxylic acid groups (broad SMARTS) is 1. The lowest BCUT2D eigenvalue weighted by molar-refractivity contribution is -0.143. The average molecular weight is 429 g/mol. The Bertz CT molecular complexity index is 976. The summed E-state index contributed by atoms with van der Waals surface area (Å²) in [6.07, 6.45) is 3.79. The molecule has 0 radical (unpaired) electrons. The van der Waals surface area contributed by atoms with Gasteiger partial charge in [0.2, 0.25) is 0 Å². The molecule has 1 N–H and O–H groups in total. The van der Waals surface area contributed by atoms with E-state index in [4.69, 9.17) is 39.5 Å². The van der Waals surface area contributed by atoms with Crippen molar-refractivity contribution in [2.75, 3.05) is 7.11 Å². The summed E-state index contributed by atoms with van der Waals surface area (Å²) in [4.78, 5) is 15.9. The Balaban J connectivity index is 2.30. The zero-order valence-corrected chi connectivity index (χ0v) is 16.2. The number of rotatable bonds is 4. The number of benzene rings is 1. The van der Waals surface area contributed by atoms with Gasteiger partial charge in [-0.15, -0.1) is 0 Å². The number of ether oxygens (including phenoxy) is 1. The average Bonchev–Trinajstić information content (AvgIpc) is 2.63. The Morgan fingerprint density at radius 2 is 1.96 bits per heavy atom. The van der Waals surface area contributed by atoms with Crippen LogP contribution in [0.2, 0.25) is 15.2 Å². The number of carboxylic acids is 1. The van der Waals surface area contributed by atoms with Gasteiger partial charge in [0.1, 0.15) is 16.8 Å². The summed E-state index contributed by atoms with van der Waals surface area (Å²) in [6.45, 7) is 0. The SMILES string of the molecule is COC1=CC(F)(c2ccnc(Cl)c2Cl)C(C(=O)O)C(c2ccccc2Cl)=C1. The number of nitrogens with zero attached hydrogens (tertiary/aromatic N) is 1. The Kier molecular flexibility index (Phi) is 5.47. The van der Waals surface area contributed by atoms with Crippen LogP contribution in [0.3, 0.4) is 0 Å². The molecule has 1 heterocycles. The van der Waals surface area contributed by atoms with Crippen molar-refractivity contribution < 1.29 is 19.0 Å². The van der Waals surface area contributed by atoms with Crippen LogP contribution in [-0.2, 0) is 15.2 Å². The van der Waals surface area contributed by atoms with Gasteiger partial charge in [0, 0.05) is 22.9 Å². The number of halogens is 4. The van der Waals surface area contributed by atoms with Gasteiger partial charge in [0.05, 0.1) is 12.1 Å². The topological polar surface area (TPSA) is 59.4 Å². The molecule has 0 saturated carbocycles. The van der Waals surface area contributed by atoms with E-state index in [9.17, 15) is 9.90 Å². The third-order valence-corrected chi connectivity index (χ3v) is 5.40. The van der Waals surface area contributed by atoms with E-state index in [2.05, 4.69) is 4.98 Å². The van der Waals surface area contributed by atoms with Crippen LogP contribution in [0, 0.1) is 5.92 Å². The van der Waals surface area contributed by atoms with Gasteiger partial charge >= 0.3 is 5.97 Å².